The third-order valence-electron chi connectivity index (χ3n) is 4.19. The number of hydrogen-bond acceptors (Lipinski definition) is 3. The highest BCUT2D eigenvalue weighted by molar-refractivity contribution is 7.99. The monoisotopic (exact) mass is 272 g/mol. The van der Waals surface area contributed by atoms with Gasteiger partial charge in [0.15, 0.2) is 0 Å². The fourth-order valence-electron chi connectivity index (χ4n) is 2.82. The summed E-state index contributed by atoms with van der Waals surface area (Å²) in [5.74, 6) is 3.31. The SMILES string of the molecule is CCSCCC(C)N1CC(CC)NCC1C(C)C. The zero-order chi connectivity index (χ0) is 13.5. The summed E-state index contributed by atoms with van der Waals surface area (Å²) < 4.78 is 0. The van der Waals surface area contributed by atoms with Gasteiger partial charge in [-0.1, -0.05) is 27.7 Å². The van der Waals surface area contributed by atoms with Gasteiger partial charge in [-0.15, -0.1) is 0 Å². The second-order valence-electron chi connectivity index (χ2n) is 5.86. The summed E-state index contributed by atoms with van der Waals surface area (Å²) in [6.07, 6.45) is 2.58. The number of hydrogen-bond donors (Lipinski definition) is 1. The predicted octanol–water partition coefficient (Wildman–Crippen LogP) is 3.23. The Morgan fingerprint density at radius 2 is 2.00 bits per heavy atom. The second kappa shape index (κ2) is 8.44. The van der Waals surface area contributed by atoms with Crippen LogP contribution in [-0.4, -0.2) is 47.6 Å². The molecule has 1 rings (SSSR count). The molecular formula is C15H32N2S. The van der Waals surface area contributed by atoms with Gasteiger partial charge >= 0.3 is 0 Å². The number of rotatable bonds is 7. The molecule has 0 aliphatic carbocycles. The fraction of sp³-hybridized carbons (Fsp3) is 1.00. The Morgan fingerprint density at radius 1 is 1.28 bits per heavy atom. The van der Waals surface area contributed by atoms with Gasteiger partial charge in [-0.3, -0.25) is 4.90 Å². The van der Waals surface area contributed by atoms with Crippen molar-refractivity contribution in [3.05, 3.63) is 0 Å². The van der Waals surface area contributed by atoms with Gasteiger partial charge in [0.05, 0.1) is 0 Å². The minimum atomic E-state index is 0.696. The molecule has 0 aromatic carbocycles. The number of piperazine rings is 1. The molecule has 3 heteroatoms. The summed E-state index contributed by atoms with van der Waals surface area (Å²) in [4.78, 5) is 2.77. The summed E-state index contributed by atoms with van der Waals surface area (Å²) in [7, 11) is 0. The maximum Gasteiger partial charge on any atom is 0.0247 e. The van der Waals surface area contributed by atoms with Gasteiger partial charge in [-0.05, 0) is 37.2 Å². The molecule has 0 bridgehead atoms. The summed E-state index contributed by atoms with van der Waals surface area (Å²) in [6, 6.07) is 2.14. The highest BCUT2D eigenvalue weighted by atomic mass is 32.2. The highest BCUT2D eigenvalue weighted by Crippen LogP contribution is 2.21. The maximum absolute atomic E-state index is 3.71. The molecule has 1 saturated heterocycles. The first-order valence-corrected chi connectivity index (χ1v) is 8.82. The van der Waals surface area contributed by atoms with Crippen molar-refractivity contribution in [1.82, 2.24) is 10.2 Å². The average molecular weight is 273 g/mol. The maximum atomic E-state index is 3.71. The van der Waals surface area contributed by atoms with E-state index in [9.17, 15) is 0 Å². The summed E-state index contributed by atoms with van der Waals surface area (Å²) in [5.41, 5.74) is 0. The zero-order valence-electron chi connectivity index (χ0n) is 12.9. The third-order valence-corrected chi connectivity index (χ3v) is 5.12. The van der Waals surface area contributed by atoms with Crippen molar-refractivity contribution < 1.29 is 0 Å². The van der Waals surface area contributed by atoms with E-state index in [0.29, 0.717) is 6.04 Å². The van der Waals surface area contributed by atoms with Crippen LogP contribution < -0.4 is 5.32 Å². The molecule has 1 aliphatic rings. The average Bonchev–Trinajstić information content (AvgIpc) is 2.38. The van der Waals surface area contributed by atoms with Gasteiger partial charge in [-0.25, -0.2) is 0 Å². The van der Waals surface area contributed by atoms with E-state index in [2.05, 4.69) is 56.6 Å². The molecular weight excluding hydrogens is 240 g/mol. The largest absolute Gasteiger partial charge is 0.311 e. The van der Waals surface area contributed by atoms with Crippen LogP contribution in [0, 0.1) is 5.92 Å². The van der Waals surface area contributed by atoms with Crippen LogP contribution >= 0.6 is 11.8 Å². The van der Waals surface area contributed by atoms with Gasteiger partial charge < -0.3 is 5.32 Å². The van der Waals surface area contributed by atoms with Crippen LogP contribution in [0.5, 0.6) is 0 Å². The first kappa shape index (κ1) is 16.3. The highest BCUT2D eigenvalue weighted by Gasteiger charge is 2.31. The molecule has 3 atom stereocenters. The summed E-state index contributed by atoms with van der Waals surface area (Å²) in [6.45, 7) is 14.1. The van der Waals surface area contributed by atoms with E-state index in [0.717, 1.165) is 18.0 Å². The number of nitrogens with zero attached hydrogens (tertiary/aromatic N) is 1. The Balaban J connectivity index is 2.53. The molecule has 1 N–H and O–H groups in total. The molecule has 0 aromatic rings. The molecule has 3 unspecified atom stereocenters. The molecule has 2 nitrogen and oxygen atoms in total. The van der Waals surface area contributed by atoms with Gasteiger partial charge in [0, 0.05) is 31.2 Å². The Morgan fingerprint density at radius 3 is 2.56 bits per heavy atom. The van der Waals surface area contributed by atoms with E-state index < -0.39 is 0 Å². The van der Waals surface area contributed by atoms with E-state index in [1.54, 1.807) is 0 Å². The number of nitrogens with one attached hydrogen (secondary N) is 1. The molecule has 1 aliphatic heterocycles. The Labute approximate surface area is 118 Å². The predicted molar refractivity (Wildman–Crippen MR) is 84.5 cm³/mol. The molecule has 1 heterocycles. The Hall–Kier alpha value is 0.270. The summed E-state index contributed by atoms with van der Waals surface area (Å²) in [5, 5.41) is 3.71. The molecule has 1 fully saturated rings. The standard InChI is InChI=1S/C15H32N2S/c1-6-14-11-17(13(5)8-9-18-7-2)15(10-16-14)12(3)4/h12-16H,6-11H2,1-5H3. The minimum absolute atomic E-state index is 0.696. The van der Waals surface area contributed by atoms with Crippen molar-refractivity contribution in [3.8, 4) is 0 Å². The van der Waals surface area contributed by atoms with Crippen LogP contribution in [0.1, 0.15) is 47.5 Å². The van der Waals surface area contributed by atoms with Crippen molar-refractivity contribution >= 4 is 11.8 Å². The molecule has 108 valence electrons. The zero-order valence-corrected chi connectivity index (χ0v) is 13.7. The third kappa shape index (κ3) is 4.75. The van der Waals surface area contributed by atoms with Crippen molar-refractivity contribution in [3.63, 3.8) is 0 Å². The van der Waals surface area contributed by atoms with Crippen molar-refractivity contribution in [1.29, 1.82) is 0 Å². The van der Waals surface area contributed by atoms with E-state index in [1.807, 2.05) is 0 Å². The molecule has 0 amide bonds. The minimum Gasteiger partial charge on any atom is -0.311 e. The second-order valence-corrected chi connectivity index (χ2v) is 7.25. The smallest absolute Gasteiger partial charge is 0.0247 e. The van der Waals surface area contributed by atoms with Crippen LogP contribution in [0.4, 0.5) is 0 Å². The first-order valence-electron chi connectivity index (χ1n) is 7.66. The van der Waals surface area contributed by atoms with Crippen LogP contribution in [0.25, 0.3) is 0 Å². The molecule has 0 saturated carbocycles. The van der Waals surface area contributed by atoms with Crippen LogP contribution in [0.2, 0.25) is 0 Å². The van der Waals surface area contributed by atoms with E-state index in [1.165, 1.54) is 37.4 Å². The summed E-state index contributed by atoms with van der Waals surface area (Å²) >= 11 is 2.07. The van der Waals surface area contributed by atoms with Crippen LogP contribution in [0.3, 0.4) is 0 Å². The molecule has 0 spiro atoms. The van der Waals surface area contributed by atoms with Crippen molar-refractivity contribution in [2.45, 2.75) is 65.6 Å². The number of thioether (sulfide) groups is 1. The lowest BCUT2D eigenvalue weighted by molar-refractivity contribution is 0.0603. The van der Waals surface area contributed by atoms with Gasteiger partial charge in [0.25, 0.3) is 0 Å². The van der Waals surface area contributed by atoms with E-state index >= 15 is 0 Å². The molecule has 18 heavy (non-hydrogen) atoms. The van der Waals surface area contributed by atoms with E-state index in [4.69, 9.17) is 0 Å². The first-order chi connectivity index (χ1) is 8.60. The quantitative estimate of drug-likeness (QED) is 0.716. The normalized spacial score (nSPS) is 27.7. The van der Waals surface area contributed by atoms with Crippen LogP contribution in [-0.2, 0) is 0 Å². The van der Waals surface area contributed by atoms with Gasteiger partial charge in [0.1, 0.15) is 0 Å². The fourth-order valence-corrected chi connectivity index (χ4v) is 3.62. The Bertz CT molecular complexity index is 221. The lowest BCUT2D eigenvalue weighted by Crippen LogP contribution is -2.60. The molecule has 0 radical (unpaired) electrons. The topological polar surface area (TPSA) is 15.3 Å². The van der Waals surface area contributed by atoms with Crippen molar-refractivity contribution in [2.24, 2.45) is 5.92 Å². The molecule has 0 aromatic heterocycles. The van der Waals surface area contributed by atoms with Gasteiger partial charge in [-0.2, -0.15) is 11.8 Å². The van der Waals surface area contributed by atoms with Crippen molar-refractivity contribution in [2.75, 3.05) is 24.6 Å². The lowest BCUT2D eigenvalue weighted by Gasteiger charge is -2.45. The Kier molecular flexibility index (Phi) is 7.66. The lowest BCUT2D eigenvalue weighted by atomic mass is 9.95. The van der Waals surface area contributed by atoms with E-state index in [-0.39, 0.29) is 0 Å². The van der Waals surface area contributed by atoms with Gasteiger partial charge in [0.2, 0.25) is 0 Å². The van der Waals surface area contributed by atoms with Crippen LogP contribution in [0.15, 0.2) is 0 Å².